The van der Waals surface area contributed by atoms with E-state index in [0.29, 0.717) is 12.1 Å². The van der Waals surface area contributed by atoms with Gasteiger partial charge in [-0.1, -0.05) is 31.3 Å². The molecule has 0 saturated carbocycles. The molecule has 154 valence electrons. The molecule has 0 saturated heterocycles. The number of carbonyl (C=O) groups is 1. The Kier molecular flexibility index (Phi) is 7.70. The summed E-state index contributed by atoms with van der Waals surface area (Å²) in [5.41, 5.74) is 2.97. The van der Waals surface area contributed by atoms with Crippen molar-refractivity contribution in [1.29, 1.82) is 0 Å². The van der Waals surface area contributed by atoms with Crippen LogP contribution in [0.5, 0.6) is 0 Å². The van der Waals surface area contributed by atoms with Crippen molar-refractivity contribution >= 4 is 44.4 Å². The van der Waals surface area contributed by atoms with Crippen LogP contribution in [-0.4, -0.2) is 48.7 Å². The van der Waals surface area contributed by atoms with E-state index < -0.39 is 0 Å². The molecule has 3 aromatic rings. The molecule has 1 aromatic heterocycles. The summed E-state index contributed by atoms with van der Waals surface area (Å²) in [5.74, 6) is 1.04. The fourth-order valence-corrected chi connectivity index (χ4v) is 4.85. The Morgan fingerprint density at radius 2 is 1.83 bits per heavy atom. The number of hydrogen-bond acceptors (Lipinski definition) is 5. The molecule has 1 heterocycles. The third-order valence-corrected chi connectivity index (χ3v) is 6.66. The summed E-state index contributed by atoms with van der Waals surface area (Å²) in [5, 5.41) is 0.781. The van der Waals surface area contributed by atoms with Gasteiger partial charge in [-0.2, -0.15) is 0 Å². The highest BCUT2D eigenvalue weighted by molar-refractivity contribution is 7.99. The Labute approximate surface area is 181 Å². The first kappa shape index (κ1) is 21.8. The molecule has 4 nitrogen and oxygen atoms in total. The van der Waals surface area contributed by atoms with Crippen molar-refractivity contribution in [3.05, 3.63) is 53.6 Å². The van der Waals surface area contributed by atoms with Crippen LogP contribution in [0.4, 0.5) is 5.13 Å². The zero-order chi connectivity index (χ0) is 20.8. The van der Waals surface area contributed by atoms with Gasteiger partial charge < -0.3 is 4.90 Å². The second-order valence-electron chi connectivity index (χ2n) is 7.22. The average Bonchev–Trinajstić information content (AvgIpc) is 3.14. The van der Waals surface area contributed by atoms with Gasteiger partial charge in [0.25, 0.3) is 5.91 Å². The molecular formula is C23H29N3OS2. The summed E-state index contributed by atoms with van der Waals surface area (Å²) < 4.78 is 1.14. The average molecular weight is 428 g/mol. The molecule has 0 unspecified atom stereocenters. The van der Waals surface area contributed by atoms with Gasteiger partial charge in [0.05, 0.1) is 10.2 Å². The second-order valence-corrected chi connectivity index (χ2v) is 9.57. The second kappa shape index (κ2) is 10.2. The van der Waals surface area contributed by atoms with E-state index in [4.69, 9.17) is 4.98 Å². The molecule has 2 aromatic carbocycles. The highest BCUT2D eigenvalue weighted by Gasteiger charge is 2.21. The Bertz CT molecular complexity index is 950. The molecule has 3 rings (SSSR count). The third-order valence-electron chi connectivity index (χ3n) is 4.73. The number of aryl methyl sites for hydroxylation is 1. The largest absolute Gasteiger partial charge is 0.309 e. The smallest absolute Gasteiger partial charge is 0.260 e. The van der Waals surface area contributed by atoms with Gasteiger partial charge in [0.15, 0.2) is 5.13 Å². The third kappa shape index (κ3) is 5.59. The van der Waals surface area contributed by atoms with Crippen molar-refractivity contribution in [2.75, 3.05) is 37.8 Å². The first-order valence-corrected chi connectivity index (χ1v) is 11.9. The van der Waals surface area contributed by atoms with Crippen LogP contribution in [0.15, 0.2) is 47.4 Å². The molecule has 0 aliphatic carbocycles. The fraction of sp³-hybridized carbons (Fsp3) is 0.391. The van der Waals surface area contributed by atoms with Crippen molar-refractivity contribution in [1.82, 2.24) is 9.88 Å². The van der Waals surface area contributed by atoms with E-state index in [0.717, 1.165) is 40.5 Å². The summed E-state index contributed by atoms with van der Waals surface area (Å²) in [6, 6.07) is 14.3. The number of thioether (sulfide) groups is 1. The number of fused-ring (bicyclic) bond motifs is 1. The number of anilines is 1. The van der Waals surface area contributed by atoms with Gasteiger partial charge >= 0.3 is 0 Å². The minimum absolute atomic E-state index is 0.0200. The van der Waals surface area contributed by atoms with Gasteiger partial charge in [-0.3, -0.25) is 9.69 Å². The molecular weight excluding hydrogens is 398 g/mol. The monoisotopic (exact) mass is 427 g/mol. The highest BCUT2D eigenvalue weighted by atomic mass is 32.2. The number of hydrogen-bond donors (Lipinski definition) is 0. The Hall–Kier alpha value is -1.89. The molecule has 0 radical (unpaired) electrons. The van der Waals surface area contributed by atoms with Crippen LogP contribution < -0.4 is 4.90 Å². The van der Waals surface area contributed by atoms with Crippen LogP contribution in [0.1, 0.15) is 36.2 Å². The summed E-state index contributed by atoms with van der Waals surface area (Å²) in [4.78, 5) is 23.3. The molecule has 29 heavy (non-hydrogen) atoms. The van der Waals surface area contributed by atoms with Gasteiger partial charge in [0, 0.05) is 17.0 Å². The summed E-state index contributed by atoms with van der Waals surface area (Å²) in [7, 11) is 4.11. The van der Waals surface area contributed by atoms with Gasteiger partial charge in [0.1, 0.15) is 0 Å². The van der Waals surface area contributed by atoms with E-state index in [1.54, 1.807) is 23.1 Å². The zero-order valence-corrected chi connectivity index (χ0v) is 19.3. The Morgan fingerprint density at radius 1 is 1.07 bits per heavy atom. The molecule has 0 spiro atoms. The molecule has 0 aliphatic rings. The van der Waals surface area contributed by atoms with Crippen LogP contribution in [0.2, 0.25) is 0 Å². The number of aromatic nitrogens is 1. The highest BCUT2D eigenvalue weighted by Crippen LogP contribution is 2.31. The number of benzene rings is 2. The van der Waals surface area contributed by atoms with Crippen molar-refractivity contribution in [2.24, 2.45) is 0 Å². The van der Waals surface area contributed by atoms with Gasteiger partial charge in [-0.25, -0.2) is 4.98 Å². The quantitative estimate of drug-likeness (QED) is 0.418. The van der Waals surface area contributed by atoms with Gasteiger partial charge in [0.2, 0.25) is 0 Å². The number of carbonyl (C=O) groups excluding carboxylic acids is 1. The first-order valence-electron chi connectivity index (χ1n) is 10.1. The summed E-state index contributed by atoms with van der Waals surface area (Å²) >= 11 is 3.39. The van der Waals surface area contributed by atoms with E-state index in [1.165, 1.54) is 10.5 Å². The van der Waals surface area contributed by atoms with Crippen molar-refractivity contribution < 1.29 is 4.79 Å². The SMILES string of the molecule is CCSc1ccc(C(=O)N(CCCN(C)C)c2nc3ccc(CC)cc3s2)cc1. The Morgan fingerprint density at radius 3 is 2.48 bits per heavy atom. The maximum atomic E-state index is 13.4. The predicted molar refractivity (Wildman–Crippen MR) is 127 cm³/mol. The number of amides is 1. The first-order chi connectivity index (χ1) is 14.0. The lowest BCUT2D eigenvalue weighted by atomic mass is 10.2. The number of thiazole rings is 1. The minimum Gasteiger partial charge on any atom is -0.309 e. The number of rotatable bonds is 9. The molecule has 0 bridgehead atoms. The lowest BCUT2D eigenvalue weighted by Gasteiger charge is -2.21. The Balaban J connectivity index is 1.89. The van der Waals surface area contributed by atoms with Gasteiger partial charge in [-0.15, -0.1) is 11.8 Å². The summed E-state index contributed by atoms with van der Waals surface area (Å²) in [6.07, 6.45) is 1.90. The molecule has 0 fully saturated rings. The summed E-state index contributed by atoms with van der Waals surface area (Å²) in [6.45, 7) is 5.87. The van der Waals surface area contributed by atoms with Crippen LogP contribution in [0.3, 0.4) is 0 Å². The lowest BCUT2D eigenvalue weighted by molar-refractivity contribution is 0.0986. The molecule has 1 amide bonds. The van der Waals surface area contributed by atoms with E-state index in [2.05, 4.69) is 51.0 Å². The maximum Gasteiger partial charge on any atom is 0.260 e. The van der Waals surface area contributed by atoms with E-state index in [-0.39, 0.29) is 5.91 Å². The predicted octanol–water partition coefficient (Wildman–Crippen LogP) is 5.57. The van der Waals surface area contributed by atoms with Crippen molar-refractivity contribution in [3.8, 4) is 0 Å². The molecule has 0 N–H and O–H groups in total. The minimum atomic E-state index is 0.0200. The lowest BCUT2D eigenvalue weighted by Crippen LogP contribution is -2.33. The molecule has 0 aliphatic heterocycles. The molecule has 0 atom stereocenters. The maximum absolute atomic E-state index is 13.4. The van der Waals surface area contributed by atoms with E-state index in [9.17, 15) is 4.79 Å². The standard InChI is InChI=1S/C23H29N3OS2/c1-5-17-8-13-20-21(16-17)29-23(24-20)26(15-7-14-25(3)4)22(27)18-9-11-19(12-10-18)28-6-2/h8-13,16H,5-7,14-15H2,1-4H3. The van der Waals surface area contributed by atoms with Gasteiger partial charge in [-0.05, 0) is 81.2 Å². The van der Waals surface area contributed by atoms with Crippen LogP contribution in [0.25, 0.3) is 10.2 Å². The van der Waals surface area contributed by atoms with E-state index in [1.807, 2.05) is 29.2 Å². The van der Waals surface area contributed by atoms with E-state index >= 15 is 0 Å². The normalized spacial score (nSPS) is 11.3. The van der Waals surface area contributed by atoms with Crippen molar-refractivity contribution in [2.45, 2.75) is 31.6 Å². The zero-order valence-electron chi connectivity index (χ0n) is 17.6. The molecule has 6 heteroatoms. The van der Waals surface area contributed by atoms with Crippen LogP contribution in [0, 0.1) is 0 Å². The van der Waals surface area contributed by atoms with Crippen LogP contribution >= 0.6 is 23.1 Å². The number of nitrogens with zero attached hydrogens (tertiary/aromatic N) is 3. The fourth-order valence-electron chi connectivity index (χ4n) is 3.14. The van der Waals surface area contributed by atoms with Crippen LogP contribution in [-0.2, 0) is 6.42 Å². The topological polar surface area (TPSA) is 36.4 Å². The van der Waals surface area contributed by atoms with Crippen molar-refractivity contribution in [3.63, 3.8) is 0 Å².